The van der Waals surface area contributed by atoms with Crippen molar-refractivity contribution in [3.63, 3.8) is 0 Å². The molecule has 3 nitrogen and oxygen atoms in total. The summed E-state index contributed by atoms with van der Waals surface area (Å²) in [6.07, 6.45) is 2.26. The fourth-order valence-electron chi connectivity index (χ4n) is 1.29. The van der Waals surface area contributed by atoms with Crippen LogP contribution in [-0.4, -0.2) is 57.8 Å². The number of alkyl halides is 1. The van der Waals surface area contributed by atoms with Crippen molar-refractivity contribution in [2.45, 2.75) is 18.2 Å². The molecule has 4 heteroatoms. The second-order valence-corrected chi connectivity index (χ2v) is 4.13. The maximum Gasteiger partial charge on any atom is 0.0696 e. The van der Waals surface area contributed by atoms with E-state index in [9.17, 15) is 0 Å². The van der Waals surface area contributed by atoms with Gasteiger partial charge in [0, 0.05) is 27.4 Å². The normalized spacial score (nSPS) is 13.5. The maximum absolute atomic E-state index is 6.02. The van der Waals surface area contributed by atoms with Crippen molar-refractivity contribution >= 4 is 11.6 Å². The number of hydrogen-bond donors (Lipinski definition) is 0. The van der Waals surface area contributed by atoms with E-state index in [0.29, 0.717) is 6.61 Å². The zero-order valence-corrected chi connectivity index (χ0v) is 10.2. The van der Waals surface area contributed by atoms with E-state index in [1.807, 2.05) is 0 Å². The smallest absolute Gasteiger partial charge is 0.0696 e. The van der Waals surface area contributed by atoms with E-state index in [2.05, 4.69) is 11.9 Å². The summed E-state index contributed by atoms with van der Waals surface area (Å²) < 4.78 is 9.95. The molecule has 0 rings (SSSR count). The molecular weight excluding hydrogens is 202 g/mol. The molecule has 0 aliphatic heterocycles. The standard InChI is InChI=1S/C10H22ClNO2/c1-12(6-4-5-7-13-2)8-10(11)9-14-3/h10H,4-9H2,1-3H3. The summed E-state index contributed by atoms with van der Waals surface area (Å²) >= 11 is 6.02. The molecule has 0 bridgehead atoms. The SMILES string of the molecule is COCCCCN(C)CC(Cl)COC. The van der Waals surface area contributed by atoms with Crippen LogP contribution < -0.4 is 0 Å². The molecule has 0 radical (unpaired) electrons. The predicted octanol–water partition coefficient (Wildman–Crippen LogP) is 1.60. The fraction of sp³-hybridized carbons (Fsp3) is 1.00. The van der Waals surface area contributed by atoms with Gasteiger partial charge >= 0.3 is 0 Å². The Morgan fingerprint density at radius 1 is 1.21 bits per heavy atom. The van der Waals surface area contributed by atoms with Crippen molar-refractivity contribution in [3.8, 4) is 0 Å². The van der Waals surface area contributed by atoms with Crippen molar-refractivity contribution in [3.05, 3.63) is 0 Å². The highest BCUT2D eigenvalue weighted by atomic mass is 35.5. The van der Waals surface area contributed by atoms with Gasteiger partial charge in [-0.2, -0.15) is 0 Å². The van der Waals surface area contributed by atoms with E-state index >= 15 is 0 Å². The summed E-state index contributed by atoms with van der Waals surface area (Å²) in [5.41, 5.74) is 0. The molecule has 14 heavy (non-hydrogen) atoms. The first-order chi connectivity index (χ1) is 6.70. The van der Waals surface area contributed by atoms with Crippen LogP contribution in [0.4, 0.5) is 0 Å². The highest BCUT2D eigenvalue weighted by molar-refractivity contribution is 6.20. The summed E-state index contributed by atoms with van der Waals surface area (Å²) in [6, 6.07) is 0. The third-order valence-corrected chi connectivity index (χ3v) is 2.26. The lowest BCUT2D eigenvalue weighted by Gasteiger charge is -2.19. The molecule has 0 aromatic carbocycles. The van der Waals surface area contributed by atoms with Gasteiger partial charge in [0.1, 0.15) is 0 Å². The van der Waals surface area contributed by atoms with Gasteiger partial charge in [-0.05, 0) is 26.4 Å². The Hall–Kier alpha value is 0.170. The molecule has 0 heterocycles. The van der Waals surface area contributed by atoms with Gasteiger partial charge in [-0.3, -0.25) is 0 Å². The maximum atomic E-state index is 6.02. The van der Waals surface area contributed by atoms with Crippen molar-refractivity contribution in [1.29, 1.82) is 0 Å². The number of ether oxygens (including phenoxy) is 2. The number of unbranched alkanes of at least 4 members (excludes halogenated alkanes) is 1. The average Bonchev–Trinajstić information content (AvgIpc) is 2.13. The van der Waals surface area contributed by atoms with Crippen LogP contribution in [0.5, 0.6) is 0 Å². The summed E-state index contributed by atoms with van der Waals surface area (Å²) in [4.78, 5) is 2.23. The van der Waals surface area contributed by atoms with Gasteiger partial charge in [-0.1, -0.05) is 0 Å². The topological polar surface area (TPSA) is 21.7 Å². The van der Waals surface area contributed by atoms with Crippen LogP contribution in [0.3, 0.4) is 0 Å². The average molecular weight is 224 g/mol. The first-order valence-corrected chi connectivity index (χ1v) is 5.44. The van der Waals surface area contributed by atoms with Gasteiger partial charge < -0.3 is 14.4 Å². The van der Waals surface area contributed by atoms with Crippen LogP contribution >= 0.6 is 11.6 Å². The molecule has 0 saturated carbocycles. The van der Waals surface area contributed by atoms with Gasteiger partial charge in [-0.25, -0.2) is 0 Å². The molecule has 0 N–H and O–H groups in total. The van der Waals surface area contributed by atoms with Crippen LogP contribution in [-0.2, 0) is 9.47 Å². The quantitative estimate of drug-likeness (QED) is 0.438. The predicted molar refractivity (Wildman–Crippen MR) is 60.1 cm³/mol. The van der Waals surface area contributed by atoms with Crippen LogP contribution in [0, 0.1) is 0 Å². The number of nitrogens with zero attached hydrogens (tertiary/aromatic N) is 1. The number of methoxy groups -OCH3 is 2. The summed E-state index contributed by atoms with van der Waals surface area (Å²) in [7, 11) is 5.49. The first kappa shape index (κ1) is 14.2. The molecule has 0 spiro atoms. The minimum Gasteiger partial charge on any atom is -0.385 e. The lowest BCUT2D eigenvalue weighted by atomic mass is 10.3. The highest BCUT2D eigenvalue weighted by Crippen LogP contribution is 2.00. The fourth-order valence-corrected chi connectivity index (χ4v) is 1.65. The molecule has 0 aliphatic rings. The molecule has 0 aliphatic carbocycles. The lowest BCUT2D eigenvalue weighted by molar-refractivity contribution is 0.174. The van der Waals surface area contributed by atoms with Crippen molar-refractivity contribution in [1.82, 2.24) is 4.90 Å². The van der Waals surface area contributed by atoms with Gasteiger partial charge in [0.05, 0.1) is 12.0 Å². The third-order valence-electron chi connectivity index (χ3n) is 2.00. The Morgan fingerprint density at radius 2 is 1.93 bits per heavy atom. The molecule has 86 valence electrons. The van der Waals surface area contributed by atoms with Crippen LogP contribution in [0.1, 0.15) is 12.8 Å². The number of hydrogen-bond acceptors (Lipinski definition) is 3. The second kappa shape index (κ2) is 9.71. The van der Waals surface area contributed by atoms with E-state index in [1.54, 1.807) is 14.2 Å². The van der Waals surface area contributed by atoms with E-state index in [1.165, 1.54) is 0 Å². The van der Waals surface area contributed by atoms with Crippen molar-refractivity contribution in [2.75, 3.05) is 47.6 Å². The minimum atomic E-state index is 0.0902. The molecule has 0 saturated heterocycles. The Labute approximate surface area is 92.3 Å². The Kier molecular flexibility index (Phi) is 9.83. The minimum absolute atomic E-state index is 0.0902. The first-order valence-electron chi connectivity index (χ1n) is 5.01. The zero-order chi connectivity index (χ0) is 10.8. The molecule has 0 amide bonds. The van der Waals surface area contributed by atoms with Gasteiger partial charge in [0.25, 0.3) is 0 Å². The van der Waals surface area contributed by atoms with Crippen molar-refractivity contribution in [2.24, 2.45) is 0 Å². The summed E-state index contributed by atoms with van der Waals surface area (Å²) in [5, 5.41) is 0.0902. The molecule has 1 unspecified atom stereocenters. The molecule has 1 atom stereocenters. The second-order valence-electron chi connectivity index (χ2n) is 3.51. The molecule has 0 aromatic rings. The summed E-state index contributed by atoms with van der Waals surface area (Å²) in [6.45, 7) is 3.40. The van der Waals surface area contributed by atoms with Crippen LogP contribution in [0.25, 0.3) is 0 Å². The Morgan fingerprint density at radius 3 is 2.50 bits per heavy atom. The summed E-state index contributed by atoms with van der Waals surface area (Å²) in [5.74, 6) is 0. The molecule has 0 aromatic heterocycles. The molecule has 0 fully saturated rings. The zero-order valence-electron chi connectivity index (χ0n) is 9.46. The van der Waals surface area contributed by atoms with Gasteiger partial charge in [-0.15, -0.1) is 11.6 Å². The highest BCUT2D eigenvalue weighted by Gasteiger charge is 2.07. The van der Waals surface area contributed by atoms with E-state index < -0.39 is 0 Å². The monoisotopic (exact) mass is 223 g/mol. The number of rotatable bonds is 9. The number of halogens is 1. The van der Waals surface area contributed by atoms with E-state index in [-0.39, 0.29) is 5.38 Å². The van der Waals surface area contributed by atoms with Crippen LogP contribution in [0.15, 0.2) is 0 Å². The molecular formula is C10H22ClNO2. The Balaban J connectivity index is 3.30. The van der Waals surface area contributed by atoms with Crippen LogP contribution in [0.2, 0.25) is 0 Å². The van der Waals surface area contributed by atoms with E-state index in [4.69, 9.17) is 21.1 Å². The lowest BCUT2D eigenvalue weighted by Crippen LogP contribution is -2.29. The van der Waals surface area contributed by atoms with Crippen molar-refractivity contribution < 1.29 is 9.47 Å². The van der Waals surface area contributed by atoms with E-state index in [0.717, 1.165) is 32.5 Å². The Bertz CT molecular complexity index is 125. The van der Waals surface area contributed by atoms with Gasteiger partial charge in [0.2, 0.25) is 0 Å². The van der Waals surface area contributed by atoms with Gasteiger partial charge in [0.15, 0.2) is 0 Å². The third kappa shape index (κ3) is 8.75. The largest absolute Gasteiger partial charge is 0.385 e.